The monoisotopic (exact) mass is 195 g/mol. The predicted molar refractivity (Wildman–Crippen MR) is 56.1 cm³/mol. The van der Waals surface area contributed by atoms with Crippen molar-refractivity contribution in [3.05, 3.63) is 30.6 Å². The average molecular weight is 195 g/mol. The molecule has 1 aromatic rings. The standard InChI is InChI=1S/C9H17N5/c1-9-12-4-6-13(9)7-8-14(11-2)5-3-10/h3-6,11H,7-8,10H2,1-2H3/b5-3-. The molecular weight excluding hydrogens is 178 g/mol. The second kappa shape index (κ2) is 5.29. The third-order valence-electron chi connectivity index (χ3n) is 2.06. The van der Waals surface area contributed by atoms with Gasteiger partial charge in [0.2, 0.25) is 0 Å². The molecule has 0 aliphatic rings. The summed E-state index contributed by atoms with van der Waals surface area (Å²) in [5.74, 6) is 1.03. The van der Waals surface area contributed by atoms with Crippen molar-refractivity contribution in [1.82, 2.24) is 20.0 Å². The lowest BCUT2D eigenvalue weighted by Gasteiger charge is -2.18. The molecule has 5 heteroatoms. The molecule has 0 aliphatic heterocycles. The lowest BCUT2D eigenvalue weighted by Crippen LogP contribution is -2.33. The number of rotatable bonds is 5. The van der Waals surface area contributed by atoms with Crippen LogP contribution in [0.3, 0.4) is 0 Å². The summed E-state index contributed by atoms with van der Waals surface area (Å²) in [4.78, 5) is 4.15. The molecule has 1 rings (SSSR count). The second-order valence-corrected chi connectivity index (χ2v) is 2.93. The van der Waals surface area contributed by atoms with Gasteiger partial charge in [0.05, 0.1) is 6.54 Å². The largest absolute Gasteiger partial charge is 0.403 e. The quantitative estimate of drug-likeness (QED) is 0.652. The van der Waals surface area contributed by atoms with Crippen LogP contribution >= 0.6 is 0 Å². The van der Waals surface area contributed by atoms with Crippen LogP contribution in [0.1, 0.15) is 5.82 Å². The Morgan fingerprint density at radius 2 is 2.50 bits per heavy atom. The fourth-order valence-electron chi connectivity index (χ4n) is 1.22. The van der Waals surface area contributed by atoms with Crippen molar-refractivity contribution in [2.45, 2.75) is 13.5 Å². The molecule has 1 aromatic heterocycles. The second-order valence-electron chi connectivity index (χ2n) is 2.93. The Morgan fingerprint density at radius 1 is 1.71 bits per heavy atom. The van der Waals surface area contributed by atoms with Crippen molar-refractivity contribution in [3.8, 4) is 0 Å². The summed E-state index contributed by atoms with van der Waals surface area (Å²) in [5, 5.41) is 1.92. The minimum Gasteiger partial charge on any atom is -0.403 e. The summed E-state index contributed by atoms with van der Waals surface area (Å²) in [5.41, 5.74) is 8.32. The number of aromatic nitrogens is 2. The van der Waals surface area contributed by atoms with Crippen molar-refractivity contribution in [1.29, 1.82) is 0 Å². The van der Waals surface area contributed by atoms with E-state index in [0.717, 1.165) is 18.9 Å². The lowest BCUT2D eigenvalue weighted by molar-refractivity contribution is 0.284. The predicted octanol–water partition coefficient (Wildman–Crippen LogP) is 0.0578. The average Bonchev–Trinajstić information content (AvgIpc) is 2.59. The first-order valence-corrected chi connectivity index (χ1v) is 4.58. The zero-order chi connectivity index (χ0) is 10.4. The highest BCUT2D eigenvalue weighted by atomic mass is 15.5. The number of nitrogens with one attached hydrogen (secondary N) is 1. The van der Waals surface area contributed by atoms with Crippen molar-refractivity contribution in [2.24, 2.45) is 5.73 Å². The van der Waals surface area contributed by atoms with Crippen LogP contribution in [0.5, 0.6) is 0 Å². The van der Waals surface area contributed by atoms with Gasteiger partial charge >= 0.3 is 0 Å². The number of imidazole rings is 1. The molecule has 0 amide bonds. The van der Waals surface area contributed by atoms with Crippen molar-refractivity contribution >= 4 is 0 Å². The van der Waals surface area contributed by atoms with Crippen molar-refractivity contribution < 1.29 is 0 Å². The van der Waals surface area contributed by atoms with Crippen molar-refractivity contribution in [3.63, 3.8) is 0 Å². The van der Waals surface area contributed by atoms with E-state index in [0.29, 0.717) is 0 Å². The van der Waals surface area contributed by atoms with Crippen LogP contribution in [0, 0.1) is 6.92 Å². The van der Waals surface area contributed by atoms with E-state index in [4.69, 9.17) is 5.73 Å². The third kappa shape index (κ3) is 2.77. The van der Waals surface area contributed by atoms with Gasteiger partial charge in [-0.15, -0.1) is 0 Å². The van der Waals surface area contributed by atoms with E-state index in [2.05, 4.69) is 15.0 Å². The van der Waals surface area contributed by atoms with Crippen molar-refractivity contribution in [2.75, 3.05) is 13.6 Å². The number of aryl methyl sites for hydroxylation is 1. The van der Waals surface area contributed by atoms with E-state index in [1.54, 1.807) is 12.4 Å². The van der Waals surface area contributed by atoms with Gasteiger partial charge in [-0.25, -0.2) is 10.4 Å². The molecule has 0 fully saturated rings. The van der Waals surface area contributed by atoms with Crippen LogP contribution < -0.4 is 11.2 Å². The highest BCUT2D eigenvalue weighted by Gasteiger charge is 1.98. The first-order chi connectivity index (χ1) is 6.77. The van der Waals surface area contributed by atoms with Crippen LogP contribution in [0.15, 0.2) is 24.8 Å². The maximum absolute atomic E-state index is 5.30. The molecule has 1 heterocycles. The van der Waals surface area contributed by atoms with E-state index in [1.165, 1.54) is 6.20 Å². The molecule has 0 spiro atoms. The van der Waals surface area contributed by atoms with Crippen LogP contribution in [-0.2, 0) is 6.54 Å². The number of hydrogen-bond acceptors (Lipinski definition) is 4. The number of nitrogens with two attached hydrogens (primary N) is 1. The maximum Gasteiger partial charge on any atom is 0.105 e. The molecule has 0 aromatic carbocycles. The highest BCUT2D eigenvalue weighted by molar-refractivity contribution is 4.88. The summed E-state index contributed by atoms with van der Waals surface area (Å²) >= 11 is 0. The molecule has 78 valence electrons. The van der Waals surface area contributed by atoms with Gasteiger partial charge < -0.3 is 15.3 Å². The zero-order valence-electron chi connectivity index (χ0n) is 8.64. The summed E-state index contributed by atoms with van der Waals surface area (Å²) in [6.07, 6.45) is 7.08. The molecule has 0 bridgehead atoms. The van der Waals surface area contributed by atoms with E-state index in [1.807, 2.05) is 25.2 Å². The Hall–Kier alpha value is -1.49. The van der Waals surface area contributed by atoms with Gasteiger partial charge in [0.1, 0.15) is 5.82 Å². The van der Waals surface area contributed by atoms with E-state index >= 15 is 0 Å². The number of hydrazine groups is 1. The molecule has 0 unspecified atom stereocenters. The normalized spacial score (nSPS) is 11.0. The van der Waals surface area contributed by atoms with Gasteiger partial charge in [-0.1, -0.05) is 0 Å². The number of hydrogen-bond donors (Lipinski definition) is 2. The smallest absolute Gasteiger partial charge is 0.105 e. The summed E-state index contributed by atoms with van der Waals surface area (Å²) < 4.78 is 2.09. The fourth-order valence-corrected chi connectivity index (χ4v) is 1.22. The maximum atomic E-state index is 5.30. The van der Waals surface area contributed by atoms with E-state index in [9.17, 15) is 0 Å². The molecule has 0 saturated heterocycles. The highest BCUT2D eigenvalue weighted by Crippen LogP contribution is 1.95. The molecule has 0 atom stereocenters. The zero-order valence-corrected chi connectivity index (χ0v) is 8.64. The summed E-state index contributed by atoms with van der Waals surface area (Å²) in [7, 11) is 1.86. The minimum atomic E-state index is 0.849. The Kier molecular flexibility index (Phi) is 4.00. The first-order valence-electron chi connectivity index (χ1n) is 4.58. The van der Waals surface area contributed by atoms with E-state index in [-0.39, 0.29) is 0 Å². The topological polar surface area (TPSA) is 59.1 Å². The minimum absolute atomic E-state index is 0.849. The molecule has 5 nitrogen and oxygen atoms in total. The molecule has 0 aliphatic carbocycles. The SMILES string of the molecule is CNN(/C=C\N)CCn1ccnc1C. The Morgan fingerprint density at radius 3 is 3.00 bits per heavy atom. The van der Waals surface area contributed by atoms with Gasteiger partial charge in [-0.05, 0) is 6.92 Å². The van der Waals surface area contributed by atoms with Crippen LogP contribution in [-0.4, -0.2) is 28.2 Å². The Balaban J connectivity index is 2.43. The van der Waals surface area contributed by atoms with Gasteiger partial charge in [0.15, 0.2) is 0 Å². The summed E-state index contributed by atoms with van der Waals surface area (Å²) in [6, 6.07) is 0. The van der Waals surface area contributed by atoms with Gasteiger partial charge in [0, 0.05) is 38.4 Å². The molecule has 0 saturated carbocycles. The molecule has 14 heavy (non-hydrogen) atoms. The summed E-state index contributed by atoms with van der Waals surface area (Å²) in [6.45, 7) is 3.72. The fraction of sp³-hybridized carbons (Fsp3) is 0.444. The van der Waals surface area contributed by atoms with Crippen LogP contribution in [0.25, 0.3) is 0 Å². The van der Waals surface area contributed by atoms with Gasteiger partial charge in [0.25, 0.3) is 0 Å². The third-order valence-corrected chi connectivity index (χ3v) is 2.06. The van der Waals surface area contributed by atoms with Gasteiger partial charge in [-0.3, -0.25) is 0 Å². The van der Waals surface area contributed by atoms with Crippen LogP contribution in [0.2, 0.25) is 0 Å². The van der Waals surface area contributed by atoms with Gasteiger partial charge in [-0.2, -0.15) is 0 Å². The molecule has 0 radical (unpaired) electrons. The Bertz CT molecular complexity index is 291. The van der Waals surface area contributed by atoms with E-state index < -0.39 is 0 Å². The first kappa shape index (κ1) is 10.6. The molecular formula is C9H17N5. The van der Waals surface area contributed by atoms with Crippen LogP contribution in [0.4, 0.5) is 0 Å². The molecule has 3 N–H and O–H groups in total. The Labute approximate surface area is 84.2 Å². The lowest BCUT2D eigenvalue weighted by atomic mass is 10.5. The number of nitrogens with zero attached hydrogens (tertiary/aromatic N) is 3.